The van der Waals surface area contributed by atoms with Gasteiger partial charge >= 0.3 is 6.09 Å². The van der Waals surface area contributed by atoms with Gasteiger partial charge < -0.3 is 14.4 Å². The van der Waals surface area contributed by atoms with Gasteiger partial charge in [-0.3, -0.25) is 0 Å². The van der Waals surface area contributed by atoms with Crippen LogP contribution in [0.4, 0.5) is 4.79 Å². The van der Waals surface area contributed by atoms with Crippen molar-refractivity contribution in [1.29, 1.82) is 0 Å². The number of hydrogen-bond donors (Lipinski definition) is 0. The van der Waals surface area contributed by atoms with Crippen molar-refractivity contribution in [2.75, 3.05) is 19.3 Å². The Bertz CT molecular complexity index is 1380. The Kier molecular flexibility index (Phi) is 6.70. The van der Waals surface area contributed by atoms with E-state index in [2.05, 4.69) is 6.07 Å². The zero-order valence-electron chi connectivity index (χ0n) is 20.1. The Morgan fingerprint density at radius 2 is 1.69 bits per heavy atom. The number of carbonyl (C=O) groups excluding carboxylic acids is 1. The number of fused-ring (bicyclic) bond motifs is 1. The van der Waals surface area contributed by atoms with Crippen LogP contribution < -0.4 is 9.47 Å². The molecule has 0 radical (unpaired) electrons. The first-order chi connectivity index (χ1) is 17.2. The van der Waals surface area contributed by atoms with E-state index in [1.807, 2.05) is 36.4 Å². The fourth-order valence-electron chi connectivity index (χ4n) is 4.93. The van der Waals surface area contributed by atoms with Gasteiger partial charge in [0.15, 0.2) is 15.6 Å². The number of piperidine rings is 1. The van der Waals surface area contributed by atoms with Gasteiger partial charge in [0, 0.05) is 32.2 Å². The maximum absolute atomic E-state index is 12.6. The first-order valence-corrected chi connectivity index (χ1v) is 14.4. The van der Waals surface area contributed by atoms with E-state index in [1.54, 1.807) is 29.2 Å². The predicted molar refractivity (Wildman–Crippen MR) is 140 cm³/mol. The van der Waals surface area contributed by atoms with Gasteiger partial charge in [0.2, 0.25) is 0 Å². The minimum atomic E-state index is -3.06. The molecular formula is C28H28ClNO5S. The highest BCUT2D eigenvalue weighted by Gasteiger charge is 2.41. The van der Waals surface area contributed by atoms with Gasteiger partial charge in [-0.05, 0) is 59.4 Å². The Morgan fingerprint density at radius 3 is 2.39 bits per heavy atom. The summed E-state index contributed by atoms with van der Waals surface area (Å²) in [5.74, 6) is 1.31. The van der Waals surface area contributed by atoms with Crippen LogP contribution in [0.3, 0.4) is 0 Å². The number of aryl methyl sites for hydroxylation is 1. The number of hydrogen-bond acceptors (Lipinski definition) is 5. The highest BCUT2D eigenvalue weighted by molar-refractivity contribution is 7.89. The van der Waals surface area contributed by atoms with E-state index in [-0.39, 0.29) is 17.4 Å². The molecule has 1 spiro atoms. The molecule has 3 aromatic carbocycles. The van der Waals surface area contributed by atoms with Crippen molar-refractivity contribution >= 4 is 27.5 Å². The van der Waals surface area contributed by atoms with Crippen molar-refractivity contribution < 1.29 is 22.7 Å². The molecule has 0 unspecified atom stereocenters. The Labute approximate surface area is 216 Å². The summed E-state index contributed by atoms with van der Waals surface area (Å²) in [5, 5.41) is 0.413. The van der Waals surface area contributed by atoms with Gasteiger partial charge in [-0.15, -0.1) is 0 Å². The van der Waals surface area contributed by atoms with Crippen LogP contribution in [0.5, 0.6) is 11.5 Å². The summed E-state index contributed by atoms with van der Waals surface area (Å²) >= 11 is 6.11. The highest BCUT2D eigenvalue weighted by Crippen LogP contribution is 2.41. The second-order valence-corrected chi connectivity index (χ2v) is 12.2. The lowest BCUT2D eigenvalue weighted by Crippen LogP contribution is -2.51. The summed E-state index contributed by atoms with van der Waals surface area (Å²) in [6, 6.07) is 20.8. The Hall–Kier alpha value is -3.03. The monoisotopic (exact) mass is 525 g/mol. The molecule has 6 nitrogen and oxygen atoms in total. The molecule has 36 heavy (non-hydrogen) atoms. The van der Waals surface area contributed by atoms with E-state index in [0.29, 0.717) is 23.9 Å². The molecule has 2 aliphatic heterocycles. The number of amides is 1. The van der Waals surface area contributed by atoms with Crippen molar-refractivity contribution in [2.45, 2.75) is 37.0 Å². The van der Waals surface area contributed by atoms with Crippen LogP contribution in [0.15, 0.2) is 66.7 Å². The molecule has 1 saturated heterocycles. The van der Waals surface area contributed by atoms with Crippen LogP contribution in [0.25, 0.3) is 11.1 Å². The fraction of sp³-hybridized carbons (Fsp3) is 0.321. The third kappa shape index (κ3) is 5.52. The van der Waals surface area contributed by atoms with Crippen LogP contribution in [-0.4, -0.2) is 44.4 Å². The normalized spacial score (nSPS) is 16.8. The summed E-state index contributed by atoms with van der Waals surface area (Å²) in [6.07, 6.45) is 4.14. The molecule has 0 aliphatic carbocycles. The summed E-state index contributed by atoms with van der Waals surface area (Å²) in [5.41, 5.74) is 3.80. The molecule has 3 aromatic rings. The Balaban J connectivity index is 1.22. The quantitative estimate of drug-likeness (QED) is 0.423. The lowest BCUT2D eigenvalue weighted by Gasteiger charge is -2.44. The number of halogens is 1. The maximum Gasteiger partial charge on any atom is 0.415 e. The molecule has 8 heteroatoms. The minimum absolute atomic E-state index is 0.0442. The average molecular weight is 526 g/mol. The highest BCUT2D eigenvalue weighted by atomic mass is 35.5. The van der Waals surface area contributed by atoms with Gasteiger partial charge in [0.1, 0.15) is 11.4 Å². The minimum Gasteiger partial charge on any atom is -0.487 e. The SMILES string of the molecule is CS(=O)(=O)Cc1ccc(-c2ccc3c(c2)CCC2(CCN(C(=O)Oc4ccccc4Cl)CC2)O3)cc1. The van der Waals surface area contributed by atoms with Crippen molar-refractivity contribution in [2.24, 2.45) is 0 Å². The second kappa shape index (κ2) is 9.79. The number of ether oxygens (including phenoxy) is 2. The topological polar surface area (TPSA) is 72.9 Å². The lowest BCUT2D eigenvalue weighted by atomic mass is 9.82. The molecule has 1 fully saturated rings. The first kappa shape index (κ1) is 24.7. The first-order valence-electron chi connectivity index (χ1n) is 12.0. The van der Waals surface area contributed by atoms with Crippen molar-refractivity contribution in [3.05, 3.63) is 82.9 Å². The third-order valence-electron chi connectivity index (χ3n) is 6.92. The van der Waals surface area contributed by atoms with Crippen LogP contribution in [0.1, 0.15) is 30.4 Å². The standard InChI is InChI=1S/C28H28ClNO5S/c1-36(32,33)19-20-6-8-21(9-7-20)22-10-11-25-23(18-22)12-13-28(35-25)14-16-30(17-15-28)27(31)34-26-5-3-2-4-24(26)29/h2-11,18H,12-17,19H2,1H3. The predicted octanol–water partition coefficient (Wildman–Crippen LogP) is 5.91. The number of sulfone groups is 1. The molecule has 0 atom stereocenters. The van der Waals surface area contributed by atoms with Crippen LogP contribution in [0, 0.1) is 0 Å². The summed E-state index contributed by atoms with van der Waals surface area (Å²) in [4.78, 5) is 14.3. The zero-order chi connectivity index (χ0) is 25.3. The fourth-order valence-corrected chi connectivity index (χ4v) is 5.90. The number of rotatable bonds is 4. The average Bonchev–Trinajstić information content (AvgIpc) is 2.85. The number of nitrogens with zero attached hydrogens (tertiary/aromatic N) is 1. The largest absolute Gasteiger partial charge is 0.487 e. The van der Waals surface area contributed by atoms with E-state index < -0.39 is 9.84 Å². The van der Waals surface area contributed by atoms with Crippen molar-refractivity contribution in [1.82, 2.24) is 4.90 Å². The van der Waals surface area contributed by atoms with Crippen molar-refractivity contribution in [3.8, 4) is 22.6 Å². The Morgan fingerprint density at radius 1 is 1.00 bits per heavy atom. The van der Waals surface area contributed by atoms with E-state index in [1.165, 1.54) is 11.8 Å². The van der Waals surface area contributed by atoms with E-state index >= 15 is 0 Å². The molecule has 0 aromatic heterocycles. The zero-order valence-corrected chi connectivity index (χ0v) is 21.6. The smallest absolute Gasteiger partial charge is 0.415 e. The summed E-state index contributed by atoms with van der Waals surface area (Å²) in [7, 11) is -3.06. The van der Waals surface area contributed by atoms with Gasteiger partial charge in [-0.25, -0.2) is 13.2 Å². The molecule has 188 valence electrons. The molecule has 0 bridgehead atoms. The molecule has 2 heterocycles. The van der Waals surface area contributed by atoms with Crippen molar-refractivity contribution in [3.63, 3.8) is 0 Å². The molecule has 1 amide bonds. The van der Waals surface area contributed by atoms with E-state index in [4.69, 9.17) is 21.1 Å². The third-order valence-corrected chi connectivity index (χ3v) is 8.09. The van der Waals surface area contributed by atoms with Crippen LogP contribution in [0.2, 0.25) is 5.02 Å². The molecular weight excluding hydrogens is 498 g/mol. The number of benzene rings is 3. The maximum atomic E-state index is 12.6. The van der Waals surface area contributed by atoms with Gasteiger partial charge in [0.25, 0.3) is 0 Å². The van der Waals surface area contributed by atoms with Gasteiger partial charge in [-0.1, -0.05) is 54.1 Å². The second-order valence-electron chi connectivity index (χ2n) is 9.66. The summed E-state index contributed by atoms with van der Waals surface area (Å²) in [6.45, 7) is 1.13. The molecule has 0 N–H and O–H groups in total. The summed E-state index contributed by atoms with van der Waals surface area (Å²) < 4.78 is 35.1. The van der Waals surface area contributed by atoms with Gasteiger partial charge in [0.05, 0.1) is 10.8 Å². The molecule has 2 aliphatic rings. The van der Waals surface area contributed by atoms with E-state index in [0.717, 1.165) is 48.1 Å². The lowest BCUT2D eigenvalue weighted by molar-refractivity contribution is -0.00948. The van der Waals surface area contributed by atoms with Crippen LogP contribution in [-0.2, 0) is 22.0 Å². The number of likely N-dealkylation sites (tertiary alicyclic amines) is 1. The molecule has 5 rings (SSSR count). The number of carbonyl (C=O) groups is 1. The molecule has 0 saturated carbocycles. The number of para-hydroxylation sites is 1. The van der Waals surface area contributed by atoms with Crippen LogP contribution >= 0.6 is 11.6 Å². The van der Waals surface area contributed by atoms with E-state index in [9.17, 15) is 13.2 Å². The van der Waals surface area contributed by atoms with Gasteiger partial charge in [-0.2, -0.15) is 0 Å².